The fraction of sp³-hybridized carbons (Fsp3) is 0.318. The number of sulfonamides is 1. The second kappa shape index (κ2) is 10.1. The predicted octanol–water partition coefficient (Wildman–Crippen LogP) is 3.08. The van der Waals surface area contributed by atoms with Crippen LogP contribution in [-0.2, 0) is 26.2 Å². The zero-order chi connectivity index (χ0) is 24.3. The van der Waals surface area contributed by atoms with Crippen LogP contribution in [0.4, 0.5) is 0 Å². The number of halogens is 2. The van der Waals surface area contributed by atoms with Gasteiger partial charge in [0.1, 0.15) is 10.9 Å². The zero-order valence-electron chi connectivity index (χ0n) is 18.0. The van der Waals surface area contributed by atoms with E-state index in [1.807, 2.05) is 0 Å². The molecule has 0 unspecified atom stereocenters. The third-order valence-corrected chi connectivity index (χ3v) is 7.99. The lowest BCUT2D eigenvalue weighted by atomic mass is 10.1. The molecule has 11 heteroatoms. The molecule has 1 atom stereocenters. The van der Waals surface area contributed by atoms with E-state index < -0.39 is 27.9 Å². The monoisotopic (exact) mass is 511 g/mol. The van der Waals surface area contributed by atoms with Gasteiger partial charge in [-0.25, -0.2) is 12.7 Å². The summed E-state index contributed by atoms with van der Waals surface area (Å²) < 4.78 is 26.2. The van der Waals surface area contributed by atoms with E-state index in [9.17, 15) is 22.8 Å². The van der Waals surface area contributed by atoms with Crippen LogP contribution in [0.1, 0.15) is 35.7 Å². The molecule has 1 N–H and O–H groups in total. The van der Waals surface area contributed by atoms with Gasteiger partial charge in [0.2, 0.25) is 11.8 Å². The van der Waals surface area contributed by atoms with E-state index in [-0.39, 0.29) is 35.9 Å². The number of fused-ring (bicyclic) bond motifs is 1. The third kappa shape index (κ3) is 5.00. The van der Waals surface area contributed by atoms with Crippen LogP contribution in [0.2, 0.25) is 10.0 Å². The molecule has 1 aliphatic rings. The molecule has 1 aliphatic heterocycles. The summed E-state index contributed by atoms with van der Waals surface area (Å²) in [7, 11) is -2.56. The summed E-state index contributed by atoms with van der Waals surface area (Å²) in [5, 5.41) is 3.21. The molecule has 176 valence electrons. The van der Waals surface area contributed by atoms with E-state index in [2.05, 4.69) is 5.32 Å². The van der Waals surface area contributed by atoms with Crippen LogP contribution in [0.15, 0.2) is 47.4 Å². The standard InChI is InChI=1S/C22H23Cl2N3O5S/c1-3-18(21(29)25-2)26(13-14-8-9-16(23)17(24)12-14)20(28)10-11-27-22(30)15-6-4-5-7-19(15)33(27,31)32/h4-9,12,18H,3,10-11,13H2,1-2H3,(H,25,29)/t18-/m1/s1. The number of benzene rings is 2. The van der Waals surface area contributed by atoms with Crippen molar-refractivity contribution in [2.45, 2.75) is 37.2 Å². The Kier molecular flexibility index (Phi) is 7.66. The molecule has 33 heavy (non-hydrogen) atoms. The van der Waals surface area contributed by atoms with Gasteiger partial charge in [-0.15, -0.1) is 0 Å². The summed E-state index contributed by atoms with van der Waals surface area (Å²) in [5.74, 6) is -1.51. The van der Waals surface area contributed by atoms with Crippen LogP contribution < -0.4 is 5.32 Å². The molecular formula is C22H23Cl2N3O5S. The second-order valence-corrected chi connectivity index (χ2v) is 10.1. The van der Waals surface area contributed by atoms with Crippen molar-refractivity contribution in [1.29, 1.82) is 0 Å². The lowest BCUT2D eigenvalue weighted by Gasteiger charge is -2.31. The number of amides is 3. The molecule has 0 aromatic heterocycles. The second-order valence-electron chi connectivity index (χ2n) is 7.44. The fourth-order valence-electron chi connectivity index (χ4n) is 3.71. The molecule has 0 spiro atoms. The van der Waals surface area contributed by atoms with Crippen molar-refractivity contribution >= 4 is 50.9 Å². The Morgan fingerprint density at radius 2 is 1.82 bits per heavy atom. The van der Waals surface area contributed by atoms with E-state index in [0.29, 0.717) is 26.3 Å². The first-order valence-electron chi connectivity index (χ1n) is 10.2. The Morgan fingerprint density at radius 3 is 2.42 bits per heavy atom. The molecule has 0 bridgehead atoms. The first kappa shape index (κ1) is 25.0. The molecule has 0 saturated heterocycles. The molecule has 1 heterocycles. The average molecular weight is 512 g/mol. The van der Waals surface area contributed by atoms with Crippen molar-refractivity contribution in [3.8, 4) is 0 Å². The van der Waals surface area contributed by atoms with Crippen LogP contribution in [0.25, 0.3) is 0 Å². The van der Waals surface area contributed by atoms with Crippen molar-refractivity contribution < 1.29 is 22.8 Å². The Balaban J connectivity index is 1.83. The normalized spacial score (nSPS) is 15.2. The summed E-state index contributed by atoms with van der Waals surface area (Å²) in [6.45, 7) is 1.49. The van der Waals surface area contributed by atoms with Gasteiger partial charge in [-0.05, 0) is 36.2 Å². The van der Waals surface area contributed by atoms with Gasteiger partial charge in [0.15, 0.2) is 0 Å². The lowest BCUT2D eigenvalue weighted by molar-refractivity contribution is -0.141. The van der Waals surface area contributed by atoms with E-state index >= 15 is 0 Å². The van der Waals surface area contributed by atoms with Gasteiger partial charge in [0.25, 0.3) is 15.9 Å². The molecule has 3 amide bonds. The highest BCUT2D eigenvalue weighted by Gasteiger charge is 2.41. The van der Waals surface area contributed by atoms with Gasteiger partial charge in [-0.2, -0.15) is 0 Å². The SMILES string of the molecule is CC[C@H](C(=O)NC)N(Cc1ccc(Cl)c(Cl)c1)C(=O)CCN1C(=O)c2ccccc2S1(=O)=O. The highest BCUT2D eigenvalue weighted by Crippen LogP contribution is 2.30. The third-order valence-electron chi connectivity index (χ3n) is 5.41. The first-order chi connectivity index (χ1) is 15.6. The summed E-state index contributed by atoms with van der Waals surface area (Å²) in [6, 6.07) is 10.0. The molecule has 2 aromatic rings. The minimum Gasteiger partial charge on any atom is -0.357 e. The maximum absolute atomic E-state index is 13.2. The Hall–Kier alpha value is -2.62. The zero-order valence-corrected chi connectivity index (χ0v) is 20.4. The number of likely N-dealkylation sites (N-methyl/N-ethyl adjacent to an activating group) is 1. The van der Waals surface area contributed by atoms with Gasteiger partial charge >= 0.3 is 0 Å². The van der Waals surface area contributed by atoms with Gasteiger partial charge < -0.3 is 10.2 Å². The quantitative estimate of drug-likeness (QED) is 0.586. The van der Waals surface area contributed by atoms with Crippen molar-refractivity contribution in [1.82, 2.24) is 14.5 Å². The van der Waals surface area contributed by atoms with Crippen LogP contribution in [0.3, 0.4) is 0 Å². The molecule has 8 nitrogen and oxygen atoms in total. The number of carbonyl (C=O) groups excluding carboxylic acids is 3. The number of carbonyl (C=O) groups is 3. The van der Waals surface area contributed by atoms with Crippen molar-refractivity contribution in [2.24, 2.45) is 0 Å². The van der Waals surface area contributed by atoms with Gasteiger partial charge in [0.05, 0.1) is 15.6 Å². The van der Waals surface area contributed by atoms with E-state index in [1.165, 1.54) is 30.1 Å². The summed E-state index contributed by atoms with van der Waals surface area (Å²) >= 11 is 12.1. The molecule has 0 radical (unpaired) electrons. The minimum atomic E-state index is -4.03. The lowest BCUT2D eigenvalue weighted by Crippen LogP contribution is -2.49. The topological polar surface area (TPSA) is 104 Å². The van der Waals surface area contributed by atoms with E-state index in [4.69, 9.17) is 23.2 Å². The Bertz CT molecular complexity index is 1200. The predicted molar refractivity (Wildman–Crippen MR) is 124 cm³/mol. The van der Waals surface area contributed by atoms with Crippen molar-refractivity contribution in [3.63, 3.8) is 0 Å². The van der Waals surface area contributed by atoms with Crippen molar-refractivity contribution in [2.75, 3.05) is 13.6 Å². The molecule has 0 aliphatic carbocycles. The Labute approximate surface area is 202 Å². The first-order valence-corrected chi connectivity index (χ1v) is 12.4. The maximum Gasteiger partial charge on any atom is 0.269 e. The molecular weight excluding hydrogens is 489 g/mol. The highest BCUT2D eigenvalue weighted by atomic mass is 35.5. The van der Waals surface area contributed by atoms with Gasteiger partial charge in [-0.1, -0.05) is 48.3 Å². The van der Waals surface area contributed by atoms with Crippen molar-refractivity contribution in [3.05, 3.63) is 63.6 Å². The van der Waals surface area contributed by atoms with Crippen LogP contribution in [0, 0.1) is 0 Å². The smallest absolute Gasteiger partial charge is 0.269 e. The number of rotatable bonds is 8. The van der Waals surface area contributed by atoms with Crippen LogP contribution in [0.5, 0.6) is 0 Å². The van der Waals surface area contributed by atoms with Crippen LogP contribution >= 0.6 is 23.2 Å². The molecule has 2 aromatic carbocycles. The minimum absolute atomic E-state index is 0.0581. The summed E-state index contributed by atoms with van der Waals surface area (Å²) in [4.78, 5) is 39.6. The summed E-state index contributed by atoms with van der Waals surface area (Å²) in [5.41, 5.74) is 0.729. The largest absolute Gasteiger partial charge is 0.357 e. The number of hydrogen-bond acceptors (Lipinski definition) is 5. The summed E-state index contributed by atoms with van der Waals surface area (Å²) in [6.07, 6.45) is 0.0485. The van der Waals surface area contributed by atoms with E-state index in [1.54, 1.807) is 31.2 Å². The number of nitrogens with zero attached hydrogens (tertiary/aromatic N) is 2. The number of nitrogens with one attached hydrogen (secondary N) is 1. The van der Waals surface area contributed by atoms with Gasteiger partial charge in [-0.3, -0.25) is 14.4 Å². The fourth-order valence-corrected chi connectivity index (χ4v) is 5.60. The highest BCUT2D eigenvalue weighted by molar-refractivity contribution is 7.90. The van der Waals surface area contributed by atoms with Crippen LogP contribution in [-0.4, -0.2) is 55.0 Å². The number of hydrogen-bond donors (Lipinski definition) is 1. The van der Waals surface area contributed by atoms with E-state index in [0.717, 1.165) is 0 Å². The maximum atomic E-state index is 13.2. The molecule has 3 rings (SSSR count). The van der Waals surface area contributed by atoms with Gasteiger partial charge in [0, 0.05) is 26.6 Å². The average Bonchev–Trinajstić information content (AvgIpc) is 2.99. The Morgan fingerprint density at radius 1 is 1.12 bits per heavy atom. The molecule has 0 saturated carbocycles. The molecule has 0 fully saturated rings.